The molecule has 3 rings (SSSR count). The molecule has 6 nitrogen and oxygen atoms in total. The van der Waals surface area contributed by atoms with Crippen molar-refractivity contribution in [1.29, 1.82) is 0 Å². The summed E-state index contributed by atoms with van der Waals surface area (Å²) in [7, 11) is -3.72. The molecule has 1 aliphatic heterocycles. The zero-order valence-electron chi connectivity index (χ0n) is 13.0. The van der Waals surface area contributed by atoms with Gasteiger partial charge in [0.25, 0.3) is 10.0 Å². The molecule has 0 radical (unpaired) electrons. The lowest BCUT2D eigenvalue weighted by molar-refractivity contribution is 0.173. The first-order chi connectivity index (χ1) is 11.4. The third kappa shape index (κ3) is 3.39. The normalized spacial score (nSPS) is 13.5. The van der Waals surface area contributed by atoms with Crippen LogP contribution in [-0.2, 0) is 10.0 Å². The summed E-state index contributed by atoms with van der Waals surface area (Å²) in [5, 5.41) is 3.85. The Morgan fingerprint density at radius 1 is 1.21 bits per heavy atom. The average molecular weight is 411 g/mol. The number of halogens is 1. The largest absolute Gasteiger partial charge is 0.454 e. The third-order valence-corrected chi connectivity index (χ3v) is 5.42. The first-order valence-corrected chi connectivity index (χ1v) is 9.36. The minimum Gasteiger partial charge on any atom is -0.454 e. The molecule has 0 aromatic heterocycles. The molecule has 0 spiro atoms. The first-order valence-electron chi connectivity index (χ1n) is 7.08. The summed E-state index contributed by atoms with van der Waals surface area (Å²) >= 11 is 3.38. The molecule has 2 aromatic carbocycles. The molecule has 0 atom stereocenters. The summed E-state index contributed by atoms with van der Waals surface area (Å²) in [6.45, 7) is 3.74. The number of fused-ring (bicyclic) bond motifs is 1. The van der Waals surface area contributed by atoms with Gasteiger partial charge < -0.3 is 9.47 Å². The van der Waals surface area contributed by atoms with Gasteiger partial charge in [-0.05, 0) is 64.7 Å². The number of hydrogen-bond acceptors (Lipinski definition) is 5. The number of sulfonamides is 1. The topological polar surface area (TPSA) is 77.0 Å². The van der Waals surface area contributed by atoms with E-state index in [4.69, 9.17) is 9.47 Å². The lowest BCUT2D eigenvalue weighted by Crippen LogP contribution is -2.19. The Kier molecular flexibility index (Phi) is 4.51. The molecule has 1 aliphatic rings. The van der Waals surface area contributed by atoms with Crippen LogP contribution in [0.4, 0.5) is 0 Å². The fraction of sp³-hybridized carbons (Fsp3) is 0.188. The SMILES string of the molecule is Cc1ccc(C)c(S(=O)(=O)N/N=C\c2cc(Br)c3c(c2)OCO3)c1. The summed E-state index contributed by atoms with van der Waals surface area (Å²) in [4.78, 5) is 2.45. The van der Waals surface area contributed by atoms with Crippen molar-refractivity contribution in [3.05, 3.63) is 51.5 Å². The predicted molar refractivity (Wildman–Crippen MR) is 94.1 cm³/mol. The number of aryl methyl sites for hydroxylation is 2. The number of nitrogens with zero attached hydrogens (tertiary/aromatic N) is 1. The summed E-state index contributed by atoms with van der Waals surface area (Å²) in [6.07, 6.45) is 1.41. The summed E-state index contributed by atoms with van der Waals surface area (Å²) < 4.78 is 36.1. The van der Waals surface area contributed by atoms with E-state index in [0.717, 1.165) is 10.0 Å². The summed E-state index contributed by atoms with van der Waals surface area (Å²) in [5.41, 5.74) is 2.20. The molecule has 0 bridgehead atoms. The molecule has 0 fully saturated rings. The molecule has 0 aliphatic carbocycles. The first kappa shape index (κ1) is 16.8. The van der Waals surface area contributed by atoms with E-state index in [1.165, 1.54) is 6.21 Å². The summed E-state index contributed by atoms with van der Waals surface area (Å²) in [6, 6.07) is 8.74. The highest BCUT2D eigenvalue weighted by molar-refractivity contribution is 9.10. The van der Waals surface area contributed by atoms with Crippen LogP contribution in [0, 0.1) is 13.8 Å². The number of nitrogens with one attached hydrogen (secondary N) is 1. The van der Waals surface area contributed by atoms with Crippen molar-refractivity contribution in [2.75, 3.05) is 6.79 Å². The Morgan fingerprint density at radius 2 is 2.00 bits per heavy atom. The van der Waals surface area contributed by atoms with Crippen molar-refractivity contribution in [3.63, 3.8) is 0 Å². The predicted octanol–water partition coefficient (Wildman–Crippen LogP) is 3.11. The van der Waals surface area contributed by atoms with Crippen molar-refractivity contribution in [1.82, 2.24) is 4.83 Å². The minimum absolute atomic E-state index is 0.161. The number of hydrazone groups is 1. The Hall–Kier alpha value is -2.06. The van der Waals surface area contributed by atoms with Crippen molar-refractivity contribution >= 4 is 32.2 Å². The van der Waals surface area contributed by atoms with Crippen LogP contribution in [0.2, 0.25) is 0 Å². The van der Waals surface area contributed by atoms with Crippen molar-refractivity contribution in [2.45, 2.75) is 18.7 Å². The van der Waals surface area contributed by atoms with E-state index in [-0.39, 0.29) is 11.7 Å². The Morgan fingerprint density at radius 3 is 2.79 bits per heavy atom. The molecule has 8 heteroatoms. The molecule has 1 N–H and O–H groups in total. The minimum atomic E-state index is -3.72. The zero-order valence-corrected chi connectivity index (χ0v) is 15.4. The third-order valence-electron chi connectivity index (χ3n) is 3.47. The fourth-order valence-electron chi connectivity index (χ4n) is 2.28. The maximum Gasteiger partial charge on any atom is 0.276 e. The van der Waals surface area contributed by atoms with Gasteiger partial charge in [0.05, 0.1) is 15.6 Å². The van der Waals surface area contributed by atoms with E-state index in [9.17, 15) is 8.42 Å². The molecule has 0 saturated carbocycles. The van der Waals surface area contributed by atoms with Gasteiger partial charge in [-0.1, -0.05) is 12.1 Å². The van der Waals surface area contributed by atoms with Crippen LogP contribution in [0.15, 0.2) is 44.8 Å². The van der Waals surface area contributed by atoms with Crippen LogP contribution in [0.25, 0.3) is 0 Å². The van der Waals surface area contributed by atoms with E-state index >= 15 is 0 Å². The fourth-order valence-corrected chi connectivity index (χ4v) is 3.98. The van der Waals surface area contributed by atoms with E-state index in [1.807, 2.05) is 13.0 Å². The van der Waals surface area contributed by atoms with E-state index in [0.29, 0.717) is 22.6 Å². The van der Waals surface area contributed by atoms with E-state index in [2.05, 4.69) is 25.9 Å². The van der Waals surface area contributed by atoms with Gasteiger partial charge in [0.15, 0.2) is 11.5 Å². The highest BCUT2D eigenvalue weighted by atomic mass is 79.9. The molecule has 126 valence electrons. The van der Waals surface area contributed by atoms with Gasteiger partial charge in [-0.3, -0.25) is 0 Å². The molecule has 0 saturated heterocycles. The molecule has 1 heterocycles. The molecular formula is C16H15BrN2O4S. The molecule has 2 aromatic rings. The van der Waals surface area contributed by atoms with Gasteiger partial charge in [0, 0.05) is 0 Å². The number of ether oxygens (including phenoxy) is 2. The van der Waals surface area contributed by atoms with Crippen molar-refractivity contribution in [3.8, 4) is 11.5 Å². The van der Waals surface area contributed by atoms with Crippen LogP contribution >= 0.6 is 15.9 Å². The second-order valence-corrected chi connectivity index (χ2v) is 7.84. The lowest BCUT2D eigenvalue weighted by atomic mass is 10.2. The van der Waals surface area contributed by atoms with Crippen LogP contribution in [0.5, 0.6) is 11.5 Å². The highest BCUT2D eigenvalue weighted by Crippen LogP contribution is 2.39. The lowest BCUT2D eigenvalue weighted by Gasteiger charge is -2.07. The number of benzene rings is 2. The van der Waals surface area contributed by atoms with Crippen LogP contribution in [-0.4, -0.2) is 21.4 Å². The van der Waals surface area contributed by atoms with Crippen LogP contribution < -0.4 is 14.3 Å². The standard InChI is InChI=1S/C16H15BrN2O4S/c1-10-3-4-11(2)15(5-10)24(20,21)19-18-8-12-6-13(17)16-14(7-12)22-9-23-16/h3-8,19H,9H2,1-2H3/b18-8-. The van der Waals surface area contributed by atoms with Gasteiger partial charge in [-0.25, -0.2) is 4.83 Å². The summed E-state index contributed by atoms with van der Waals surface area (Å²) in [5.74, 6) is 1.21. The maximum atomic E-state index is 12.4. The second-order valence-electron chi connectivity index (χ2n) is 5.36. The molecule has 0 unspecified atom stereocenters. The Balaban J connectivity index is 1.81. The van der Waals surface area contributed by atoms with Crippen molar-refractivity contribution < 1.29 is 17.9 Å². The second kappa shape index (κ2) is 6.45. The van der Waals surface area contributed by atoms with Gasteiger partial charge in [-0.2, -0.15) is 13.5 Å². The van der Waals surface area contributed by atoms with E-state index in [1.54, 1.807) is 31.2 Å². The van der Waals surface area contributed by atoms with Crippen LogP contribution in [0.1, 0.15) is 16.7 Å². The van der Waals surface area contributed by atoms with E-state index < -0.39 is 10.0 Å². The zero-order chi connectivity index (χ0) is 17.3. The van der Waals surface area contributed by atoms with Gasteiger partial charge in [0.1, 0.15) is 0 Å². The smallest absolute Gasteiger partial charge is 0.276 e. The van der Waals surface area contributed by atoms with Gasteiger partial charge in [0.2, 0.25) is 6.79 Å². The van der Waals surface area contributed by atoms with Crippen molar-refractivity contribution in [2.24, 2.45) is 5.10 Å². The van der Waals surface area contributed by atoms with Gasteiger partial charge in [-0.15, -0.1) is 0 Å². The van der Waals surface area contributed by atoms with Gasteiger partial charge >= 0.3 is 0 Å². The maximum absolute atomic E-state index is 12.4. The number of rotatable bonds is 4. The Bertz CT molecular complexity index is 926. The molecule has 0 amide bonds. The molecule has 24 heavy (non-hydrogen) atoms. The quantitative estimate of drug-likeness (QED) is 0.620. The highest BCUT2D eigenvalue weighted by Gasteiger charge is 2.18. The average Bonchev–Trinajstić information content (AvgIpc) is 2.98. The monoisotopic (exact) mass is 410 g/mol. The molecular weight excluding hydrogens is 396 g/mol. The van der Waals surface area contributed by atoms with Crippen LogP contribution in [0.3, 0.4) is 0 Å². The number of hydrogen-bond donors (Lipinski definition) is 1. The Labute approximate surface area is 148 Å².